The molecule has 0 saturated carbocycles. The van der Waals surface area contributed by atoms with Crippen LogP contribution in [0.3, 0.4) is 0 Å². The van der Waals surface area contributed by atoms with E-state index in [9.17, 15) is 0 Å². The van der Waals surface area contributed by atoms with Crippen molar-refractivity contribution in [1.82, 2.24) is 0 Å². The van der Waals surface area contributed by atoms with Crippen molar-refractivity contribution in [2.24, 2.45) is 9.98 Å². The molecule has 0 radical (unpaired) electrons. The highest BCUT2D eigenvalue weighted by atomic mass is 14.9. The average molecular weight is 805 g/mol. The van der Waals surface area contributed by atoms with E-state index >= 15 is 0 Å². The van der Waals surface area contributed by atoms with Gasteiger partial charge in [-0.25, -0.2) is 9.98 Å². The molecule has 0 amide bonds. The van der Waals surface area contributed by atoms with E-state index in [1.54, 1.807) is 0 Å². The second kappa shape index (κ2) is 17.0. The van der Waals surface area contributed by atoms with Crippen molar-refractivity contribution in [3.63, 3.8) is 0 Å². The van der Waals surface area contributed by atoms with Gasteiger partial charge in [0.2, 0.25) is 0 Å². The zero-order chi connectivity index (χ0) is 43.1. The first-order chi connectivity index (χ1) is 30.1. The molecule has 0 fully saturated rings. The molecule has 0 N–H and O–H groups in total. The highest BCUT2D eigenvalue weighted by molar-refractivity contribution is 6.62. The fraction of sp³-hybridized carbons (Fsp3) is 0.200. The van der Waals surface area contributed by atoms with Gasteiger partial charge >= 0.3 is 0 Å². The van der Waals surface area contributed by atoms with E-state index < -0.39 is 0 Å². The van der Waals surface area contributed by atoms with E-state index in [-0.39, 0.29) is 23.7 Å². The van der Waals surface area contributed by atoms with Gasteiger partial charge in [-0.2, -0.15) is 0 Å². The zero-order valence-electron chi connectivity index (χ0n) is 37.4. The lowest BCUT2D eigenvalue weighted by molar-refractivity contribution is 0.883. The fourth-order valence-corrected chi connectivity index (χ4v) is 9.85. The Hall–Kier alpha value is -6.64. The van der Waals surface area contributed by atoms with Gasteiger partial charge in [0.15, 0.2) is 0 Å². The van der Waals surface area contributed by atoms with Crippen LogP contribution in [0.4, 0.5) is 11.4 Å². The van der Waals surface area contributed by atoms with E-state index in [2.05, 4.69) is 225 Å². The summed E-state index contributed by atoms with van der Waals surface area (Å²) >= 11 is 0. The summed E-state index contributed by atoms with van der Waals surface area (Å²) < 4.78 is 0. The number of benzene rings is 8. The summed E-state index contributed by atoms with van der Waals surface area (Å²) in [5.41, 5.74) is 21.2. The molecule has 0 spiro atoms. The predicted molar refractivity (Wildman–Crippen MR) is 264 cm³/mol. The maximum atomic E-state index is 6.08. The summed E-state index contributed by atoms with van der Waals surface area (Å²) in [5, 5.41) is 2.45. The van der Waals surface area contributed by atoms with Crippen LogP contribution in [0.5, 0.6) is 0 Å². The minimum atomic E-state index is 0.105. The Morgan fingerprint density at radius 3 is 0.887 bits per heavy atom. The van der Waals surface area contributed by atoms with E-state index in [1.807, 2.05) is 0 Å². The van der Waals surface area contributed by atoms with E-state index in [0.717, 1.165) is 22.8 Å². The maximum absolute atomic E-state index is 6.08. The number of hydrogen-bond donors (Lipinski definition) is 0. The summed E-state index contributed by atoms with van der Waals surface area (Å²) in [5.74, 6) is 0.421. The smallest absolute Gasteiger partial charge is 0.0981 e. The highest BCUT2D eigenvalue weighted by Gasteiger charge is 2.33. The van der Waals surface area contributed by atoms with E-state index in [4.69, 9.17) is 9.98 Å². The molecule has 0 heterocycles. The average Bonchev–Trinajstić information content (AvgIpc) is 3.64. The van der Waals surface area contributed by atoms with Crippen molar-refractivity contribution in [2.75, 3.05) is 0 Å². The Morgan fingerprint density at radius 2 is 0.613 bits per heavy atom. The van der Waals surface area contributed by atoms with Crippen molar-refractivity contribution in [2.45, 2.75) is 79.1 Å². The Labute approximate surface area is 368 Å². The van der Waals surface area contributed by atoms with Crippen molar-refractivity contribution in [3.8, 4) is 0 Å². The minimum Gasteiger partial charge on any atom is -0.245 e. The lowest BCUT2D eigenvalue weighted by atomic mass is 9.84. The molecule has 0 aliphatic heterocycles. The highest BCUT2D eigenvalue weighted by Crippen LogP contribution is 2.46. The van der Waals surface area contributed by atoms with E-state index in [1.165, 1.54) is 88.7 Å². The van der Waals surface area contributed by atoms with Gasteiger partial charge in [0.05, 0.1) is 22.8 Å². The Bertz CT molecular complexity index is 2640. The van der Waals surface area contributed by atoms with Crippen LogP contribution in [0.1, 0.15) is 129 Å². The summed E-state index contributed by atoms with van der Waals surface area (Å²) in [4.78, 5) is 12.2. The molecule has 4 atom stereocenters. The maximum Gasteiger partial charge on any atom is 0.0981 e. The Morgan fingerprint density at radius 1 is 0.339 bits per heavy atom. The molecule has 8 aromatic rings. The molecule has 1 aliphatic carbocycles. The van der Waals surface area contributed by atoms with Crippen molar-refractivity contribution < 1.29 is 0 Å². The summed E-state index contributed by atoms with van der Waals surface area (Å²) in [7, 11) is 0. The van der Waals surface area contributed by atoms with Crippen LogP contribution < -0.4 is 0 Å². The minimum absolute atomic E-state index is 0.105. The molecule has 0 saturated heterocycles. The third-order valence-electron chi connectivity index (χ3n) is 13.4. The molecule has 0 bridgehead atoms. The number of hydrogen-bond acceptors (Lipinski definition) is 2. The number of nitrogens with zero attached hydrogens (tertiary/aromatic N) is 2. The fourth-order valence-electron chi connectivity index (χ4n) is 9.85. The molecule has 9 rings (SSSR count). The lowest BCUT2D eigenvalue weighted by Gasteiger charge is -2.24. The Kier molecular flexibility index (Phi) is 11.2. The van der Waals surface area contributed by atoms with Gasteiger partial charge < -0.3 is 0 Å². The molecule has 1 aliphatic rings. The Balaban J connectivity index is 1.39. The summed E-state index contributed by atoms with van der Waals surface area (Å²) in [6.45, 7) is 18.3. The monoisotopic (exact) mass is 804 g/mol. The van der Waals surface area contributed by atoms with Gasteiger partial charge in [0, 0.05) is 40.2 Å². The second-order valence-corrected chi connectivity index (χ2v) is 17.6. The van der Waals surface area contributed by atoms with Crippen LogP contribution in [-0.4, -0.2) is 11.4 Å². The zero-order valence-corrected chi connectivity index (χ0v) is 37.4. The van der Waals surface area contributed by atoms with Gasteiger partial charge in [-0.15, -0.1) is 0 Å². The molecule has 4 unspecified atom stereocenters. The van der Waals surface area contributed by atoms with Crippen LogP contribution in [0.2, 0.25) is 0 Å². The first-order valence-corrected chi connectivity index (χ1v) is 22.3. The quantitative estimate of drug-likeness (QED) is 0.132. The van der Waals surface area contributed by atoms with Crippen LogP contribution in [0.25, 0.3) is 10.8 Å². The van der Waals surface area contributed by atoms with Crippen LogP contribution in [0, 0.1) is 27.7 Å². The van der Waals surface area contributed by atoms with Crippen LogP contribution in [0.15, 0.2) is 180 Å². The number of aryl methyl sites for hydroxylation is 4. The number of rotatable bonds is 10. The second-order valence-electron chi connectivity index (χ2n) is 17.6. The first-order valence-electron chi connectivity index (χ1n) is 22.3. The van der Waals surface area contributed by atoms with Gasteiger partial charge in [-0.3, -0.25) is 0 Å². The third kappa shape index (κ3) is 7.53. The molecule has 0 aromatic heterocycles. The molecule has 2 nitrogen and oxygen atoms in total. The normalized spacial score (nSPS) is 15.5. The van der Waals surface area contributed by atoms with Crippen LogP contribution in [-0.2, 0) is 0 Å². The van der Waals surface area contributed by atoms with Crippen molar-refractivity contribution in [1.29, 1.82) is 0 Å². The molecule has 62 heavy (non-hydrogen) atoms. The van der Waals surface area contributed by atoms with Gasteiger partial charge in [-0.1, -0.05) is 209 Å². The third-order valence-corrected chi connectivity index (χ3v) is 13.4. The largest absolute Gasteiger partial charge is 0.245 e. The van der Waals surface area contributed by atoms with Gasteiger partial charge in [0.25, 0.3) is 0 Å². The first kappa shape index (κ1) is 40.7. The number of aliphatic imine (C=N–C) groups is 2. The van der Waals surface area contributed by atoms with Crippen LogP contribution >= 0.6 is 0 Å². The lowest BCUT2D eigenvalue weighted by Crippen LogP contribution is -2.14. The molecular formula is C60H56N2. The van der Waals surface area contributed by atoms with Crippen molar-refractivity contribution in [3.05, 3.63) is 248 Å². The summed E-state index contributed by atoms with van der Waals surface area (Å²) in [6, 6.07) is 62.1. The van der Waals surface area contributed by atoms with Gasteiger partial charge in [-0.05, 0) is 88.7 Å². The SMILES string of the molecule is Cc1cc(C(C)c2ccccc2)c(N=C2C(=Nc3c(C(C)c4ccccc4)cc(C)cc3C(C)c3ccccc3)c3c(C)ccc4ccc(C)c2c34)c(C(C)c2ccccc2)c1. The predicted octanol–water partition coefficient (Wildman–Crippen LogP) is 15.9. The van der Waals surface area contributed by atoms with Crippen molar-refractivity contribution >= 4 is 33.6 Å². The van der Waals surface area contributed by atoms with Gasteiger partial charge in [0.1, 0.15) is 0 Å². The standard InChI is InChI=1S/C60H56N2/c1-37-33-50(41(5)45-21-13-9-14-22-45)57(51(34-37)42(6)46-23-15-10-16-24-46)61-59-54-39(3)29-31-49-32-30-40(4)55(56(49)54)60(59)62-58-52(43(7)47-25-17-11-18-26-47)35-38(2)36-53(58)44(8)48-27-19-12-20-28-48/h9-36,41-44H,1-8H3. The van der Waals surface area contributed by atoms with E-state index in [0.29, 0.717) is 0 Å². The molecular weight excluding hydrogens is 749 g/mol. The molecule has 8 aromatic carbocycles. The molecule has 306 valence electrons. The molecule has 2 heteroatoms. The topological polar surface area (TPSA) is 24.7 Å². The summed E-state index contributed by atoms with van der Waals surface area (Å²) in [6.07, 6.45) is 0.